The summed E-state index contributed by atoms with van der Waals surface area (Å²) in [4.78, 5) is 14.8. The highest BCUT2D eigenvalue weighted by Gasteiger charge is 2.23. The molecule has 2 aromatic rings. The SMILES string of the molecule is O=S1(=O)C=CC(Nc2nc(Cl)nc3nc[nH]c23)C1. The van der Waals surface area contributed by atoms with Gasteiger partial charge in [0.25, 0.3) is 0 Å². The fourth-order valence-electron chi connectivity index (χ4n) is 1.75. The lowest BCUT2D eigenvalue weighted by atomic mass is 10.3. The summed E-state index contributed by atoms with van der Waals surface area (Å²) < 4.78 is 22.6. The van der Waals surface area contributed by atoms with Crippen LogP contribution in [0.5, 0.6) is 0 Å². The molecule has 3 rings (SSSR count). The van der Waals surface area contributed by atoms with Gasteiger partial charge in [0.05, 0.1) is 18.1 Å². The molecule has 0 aromatic carbocycles. The van der Waals surface area contributed by atoms with E-state index in [1.54, 1.807) is 6.08 Å². The molecule has 2 aromatic heterocycles. The van der Waals surface area contributed by atoms with Gasteiger partial charge in [-0.15, -0.1) is 0 Å². The number of imidazole rings is 1. The van der Waals surface area contributed by atoms with Gasteiger partial charge < -0.3 is 10.3 Å². The first-order valence-corrected chi connectivity index (χ1v) is 7.17. The van der Waals surface area contributed by atoms with Crippen molar-refractivity contribution in [3.05, 3.63) is 23.1 Å². The highest BCUT2D eigenvalue weighted by atomic mass is 35.5. The van der Waals surface area contributed by atoms with Gasteiger partial charge in [-0.3, -0.25) is 0 Å². The number of nitrogens with zero attached hydrogens (tertiary/aromatic N) is 3. The molecule has 94 valence electrons. The Morgan fingerprint density at radius 2 is 2.28 bits per heavy atom. The van der Waals surface area contributed by atoms with Crippen LogP contribution < -0.4 is 5.32 Å². The molecule has 0 fully saturated rings. The van der Waals surface area contributed by atoms with E-state index in [2.05, 4.69) is 25.3 Å². The third-order valence-electron chi connectivity index (χ3n) is 2.51. The number of hydrogen-bond acceptors (Lipinski definition) is 6. The van der Waals surface area contributed by atoms with E-state index in [1.807, 2.05) is 0 Å². The number of hydrogen-bond donors (Lipinski definition) is 2. The number of rotatable bonds is 2. The number of aromatic amines is 1. The highest BCUT2D eigenvalue weighted by molar-refractivity contribution is 7.94. The molecule has 0 aliphatic carbocycles. The zero-order valence-corrected chi connectivity index (χ0v) is 10.5. The molecule has 18 heavy (non-hydrogen) atoms. The minimum Gasteiger partial charge on any atom is -0.361 e. The van der Waals surface area contributed by atoms with Crippen molar-refractivity contribution in [1.29, 1.82) is 0 Å². The molecule has 1 unspecified atom stereocenters. The zero-order chi connectivity index (χ0) is 12.8. The second kappa shape index (κ2) is 3.92. The number of fused-ring (bicyclic) bond motifs is 1. The molecule has 7 nitrogen and oxygen atoms in total. The first kappa shape index (κ1) is 11.4. The lowest BCUT2D eigenvalue weighted by Crippen LogP contribution is -2.21. The summed E-state index contributed by atoms with van der Waals surface area (Å²) >= 11 is 5.77. The van der Waals surface area contributed by atoms with Gasteiger partial charge in [-0.05, 0) is 17.7 Å². The maximum absolute atomic E-state index is 11.3. The Balaban J connectivity index is 1.96. The largest absolute Gasteiger partial charge is 0.361 e. The highest BCUT2D eigenvalue weighted by Crippen LogP contribution is 2.21. The first-order valence-electron chi connectivity index (χ1n) is 5.08. The van der Waals surface area contributed by atoms with E-state index >= 15 is 0 Å². The van der Waals surface area contributed by atoms with Crippen molar-refractivity contribution in [2.45, 2.75) is 6.04 Å². The molecule has 0 saturated carbocycles. The normalized spacial score (nSPS) is 21.5. The van der Waals surface area contributed by atoms with Crippen LogP contribution in [0.25, 0.3) is 11.2 Å². The summed E-state index contributed by atoms with van der Waals surface area (Å²) in [5, 5.41) is 4.24. The van der Waals surface area contributed by atoms with Crippen molar-refractivity contribution in [2.24, 2.45) is 0 Å². The summed E-state index contributed by atoms with van der Waals surface area (Å²) in [6, 6.07) is -0.326. The Kier molecular flexibility index (Phi) is 2.49. The van der Waals surface area contributed by atoms with Crippen LogP contribution in [0.4, 0.5) is 5.82 Å². The van der Waals surface area contributed by atoms with Crippen molar-refractivity contribution in [1.82, 2.24) is 19.9 Å². The number of sulfone groups is 1. The fourth-order valence-corrected chi connectivity index (χ4v) is 3.15. The van der Waals surface area contributed by atoms with E-state index < -0.39 is 9.84 Å². The summed E-state index contributed by atoms with van der Waals surface area (Å²) in [6.07, 6.45) is 3.05. The van der Waals surface area contributed by atoms with Crippen molar-refractivity contribution in [3.63, 3.8) is 0 Å². The Bertz CT molecular complexity index is 738. The average Bonchev–Trinajstić information content (AvgIpc) is 2.84. The molecule has 3 heterocycles. The lowest BCUT2D eigenvalue weighted by molar-refractivity contribution is 0.605. The van der Waals surface area contributed by atoms with E-state index in [-0.39, 0.29) is 17.1 Å². The van der Waals surface area contributed by atoms with Gasteiger partial charge in [-0.25, -0.2) is 13.4 Å². The zero-order valence-electron chi connectivity index (χ0n) is 8.96. The minimum absolute atomic E-state index is 0.00422. The Labute approximate surface area is 107 Å². The van der Waals surface area contributed by atoms with Gasteiger partial charge in [0, 0.05) is 5.41 Å². The van der Waals surface area contributed by atoms with Gasteiger partial charge >= 0.3 is 0 Å². The number of aromatic nitrogens is 4. The Hall–Kier alpha value is -1.67. The van der Waals surface area contributed by atoms with Crippen LogP contribution in [0.15, 0.2) is 17.8 Å². The number of anilines is 1. The van der Waals surface area contributed by atoms with Crippen molar-refractivity contribution in [3.8, 4) is 0 Å². The molecule has 0 spiro atoms. The van der Waals surface area contributed by atoms with Crippen LogP contribution in [-0.4, -0.2) is 40.1 Å². The van der Waals surface area contributed by atoms with Crippen molar-refractivity contribution >= 4 is 38.4 Å². The van der Waals surface area contributed by atoms with E-state index in [0.717, 1.165) is 0 Å². The number of nitrogens with one attached hydrogen (secondary N) is 2. The van der Waals surface area contributed by atoms with Gasteiger partial charge in [-0.1, -0.05) is 0 Å². The Morgan fingerprint density at radius 1 is 1.44 bits per heavy atom. The molecule has 0 bridgehead atoms. The minimum atomic E-state index is -3.11. The topological polar surface area (TPSA) is 101 Å². The molecule has 0 amide bonds. The summed E-state index contributed by atoms with van der Waals surface area (Å²) in [5.74, 6) is 0.443. The fraction of sp³-hybridized carbons (Fsp3) is 0.222. The number of H-pyrrole nitrogens is 1. The summed E-state index contributed by atoms with van der Waals surface area (Å²) in [7, 11) is -3.11. The maximum atomic E-state index is 11.3. The third-order valence-corrected chi connectivity index (χ3v) is 4.08. The van der Waals surface area contributed by atoms with Crippen LogP contribution in [0.2, 0.25) is 5.28 Å². The quantitative estimate of drug-likeness (QED) is 0.789. The van der Waals surface area contributed by atoms with Gasteiger partial charge in [0.15, 0.2) is 21.3 Å². The van der Waals surface area contributed by atoms with Crippen LogP contribution in [0.1, 0.15) is 0 Å². The second-order valence-electron chi connectivity index (χ2n) is 3.85. The monoisotopic (exact) mass is 285 g/mol. The van der Waals surface area contributed by atoms with Gasteiger partial charge in [-0.2, -0.15) is 9.97 Å². The standard InChI is InChI=1S/C9H8ClN5O2S/c10-9-14-7-6(11-4-12-7)8(15-9)13-5-1-2-18(16,17)3-5/h1-2,4-5H,3H2,(H2,11,12,13,14,15). The lowest BCUT2D eigenvalue weighted by Gasteiger charge is -2.10. The third kappa shape index (κ3) is 2.04. The van der Waals surface area contributed by atoms with Crippen LogP contribution in [-0.2, 0) is 9.84 Å². The maximum Gasteiger partial charge on any atom is 0.226 e. The predicted octanol–water partition coefficient (Wildman–Crippen LogP) is 0.729. The summed E-state index contributed by atoms with van der Waals surface area (Å²) in [5.41, 5.74) is 1.03. The van der Waals surface area contributed by atoms with Crippen molar-refractivity contribution in [2.75, 3.05) is 11.1 Å². The Morgan fingerprint density at radius 3 is 3.00 bits per heavy atom. The van der Waals surface area contributed by atoms with Crippen LogP contribution in [0.3, 0.4) is 0 Å². The molecule has 0 radical (unpaired) electrons. The van der Waals surface area contributed by atoms with Crippen LogP contribution in [0, 0.1) is 0 Å². The van der Waals surface area contributed by atoms with E-state index in [0.29, 0.717) is 17.0 Å². The molecular formula is C9H8ClN5O2S. The summed E-state index contributed by atoms with van der Waals surface area (Å²) in [6.45, 7) is 0. The second-order valence-corrected chi connectivity index (χ2v) is 6.12. The molecule has 2 N–H and O–H groups in total. The van der Waals surface area contributed by atoms with Gasteiger partial charge in [0.1, 0.15) is 5.52 Å². The molecule has 9 heteroatoms. The first-order chi connectivity index (χ1) is 8.53. The van der Waals surface area contributed by atoms with E-state index in [9.17, 15) is 8.42 Å². The molecule has 1 atom stereocenters. The average molecular weight is 286 g/mol. The molecule has 0 saturated heterocycles. The smallest absolute Gasteiger partial charge is 0.226 e. The molecule has 1 aliphatic heterocycles. The van der Waals surface area contributed by atoms with Crippen molar-refractivity contribution < 1.29 is 8.42 Å². The molecule has 1 aliphatic rings. The van der Waals surface area contributed by atoms with E-state index in [4.69, 9.17) is 11.6 Å². The van der Waals surface area contributed by atoms with Gasteiger partial charge in [0.2, 0.25) is 5.28 Å². The predicted molar refractivity (Wildman–Crippen MR) is 67.0 cm³/mol. The van der Waals surface area contributed by atoms with Crippen LogP contribution >= 0.6 is 11.6 Å². The van der Waals surface area contributed by atoms with E-state index in [1.165, 1.54) is 11.7 Å². The molecular weight excluding hydrogens is 278 g/mol. The number of halogens is 1.